The van der Waals surface area contributed by atoms with Crippen LogP contribution in [0.25, 0.3) is 18.5 Å². The van der Waals surface area contributed by atoms with Gasteiger partial charge in [-0.3, -0.25) is 4.98 Å². The Balaban J connectivity index is -0.000000101. The summed E-state index contributed by atoms with van der Waals surface area (Å²) in [6.45, 7) is 2.54. The summed E-state index contributed by atoms with van der Waals surface area (Å²) in [7, 11) is 0. The van der Waals surface area contributed by atoms with Crippen molar-refractivity contribution < 1.29 is 0 Å². The molecule has 1 rings (SSSR count). The molecular weight excluding hydrogens is 181 g/mol. The van der Waals surface area contributed by atoms with Crippen LogP contribution in [-0.4, -0.2) is 22.3 Å². The number of aryl methyl sites for hydroxylation is 1. The van der Waals surface area contributed by atoms with Gasteiger partial charge in [0.2, 0.25) is 0 Å². The van der Waals surface area contributed by atoms with E-state index in [9.17, 15) is 0 Å². The van der Waals surface area contributed by atoms with Crippen molar-refractivity contribution in [3.8, 4) is 0 Å². The molecule has 0 saturated heterocycles. The van der Waals surface area contributed by atoms with Gasteiger partial charge in [-0.15, -0.1) is 0 Å². The van der Waals surface area contributed by atoms with E-state index < -0.39 is 0 Å². The van der Waals surface area contributed by atoms with Gasteiger partial charge in [-0.2, -0.15) is 0 Å². The van der Waals surface area contributed by atoms with Crippen molar-refractivity contribution in [2.24, 2.45) is 5.73 Å². The maximum Gasteiger partial charge on any atom is 3.00 e. The van der Waals surface area contributed by atoms with Crippen LogP contribution in [0.1, 0.15) is 11.3 Å². The molecule has 0 unspecified atom stereocenters. The molecule has 1 aromatic rings. The molecule has 0 amide bonds. The second-order valence-electron chi connectivity index (χ2n) is 1.95. The van der Waals surface area contributed by atoms with Gasteiger partial charge in [-0.1, -0.05) is 6.07 Å². The van der Waals surface area contributed by atoms with E-state index in [1.165, 1.54) is 0 Å². The summed E-state index contributed by atoms with van der Waals surface area (Å²) < 4.78 is 0. The van der Waals surface area contributed by atoms with Gasteiger partial charge in [0.05, 0.1) is 0 Å². The molecule has 13 heavy (non-hydrogen) atoms. The third-order valence-corrected chi connectivity index (χ3v) is 1.34. The number of hydrogen-bond donors (Lipinski definition) is 1. The van der Waals surface area contributed by atoms with Crippen LogP contribution in [0.3, 0.4) is 0 Å². The van der Waals surface area contributed by atoms with Gasteiger partial charge < -0.3 is 24.2 Å². The van der Waals surface area contributed by atoms with Gasteiger partial charge >= 0.3 is 17.4 Å². The van der Waals surface area contributed by atoms with E-state index in [-0.39, 0.29) is 35.8 Å². The van der Waals surface area contributed by atoms with Gasteiger partial charge in [0.15, 0.2) is 0 Å². The molecule has 6 heteroatoms. The molecule has 5 nitrogen and oxygen atoms in total. The van der Waals surface area contributed by atoms with Crippen LogP contribution in [-0.2, 0) is 6.54 Å². The standard InChI is InChI=1S/C7H10N2.Al.3H2N/c1-6-7(5-8)3-2-4-9-6;;;;/h2-4H,5,8H2,1H3;;3*1H2/q;+3;3*-1. The van der Waals surface area contributed by atoms with Crippen LogP contribution < -0.4 is 5.73 Å². The molecule has 0 spiro atoms. The summed E-state index contributed by atoms with van der Waals surface area (Å²) in [5, 5.41) is 0. The van der Waals surface area contributed by atoms with E-state index in [0.29, 0.717) is 6.54 Å². The molecular formula is C7H16AlN5. The minimum atomic E-state index is 0. The van der Waals surface area contributed by atoms with Crippen molar-refractivity contribution in [1.82, 2.24) is 4.98 Å². The van der Waals surface area contributed by atoms with E-state index in [2.05, 4.69) is 4.98 Å². The van der Waals surface area contributed by atoms with Crippen LogP contribution in [0.5, 0.6) is 0 Å². The summed E-state index contributed by atoms with van der Waals surface area (Å²) >= 11 is 0. The molecule has 0 aliphatic rings. The molecule has 0 aliphatic heterocycles. The topological polar surface area (TPSA) is 139 Å². The van der Waals surface area contributed by atoms with Crippen molar-refractivity contribution in [1.29, 1.82) is 0 Å². The smallest absolute Gasteiger partial charge is 0.693 e. The van der Waals surface area contributed by atoms with E-state index in [1.807, 2.05) is 19.1 Å². The minimum absolute atomic E-state index is 0. The molecule has 72 valence electrons. The van der Waals surface area contributed by atoms with Gasteiger partial charge in [0.1, 0.15) is 0 Å². The van der Waals surface area contributed by atoms with E-state index in [1.54, 1.807) is 6.20 Å². The molecule has 0 aromatic carbocycles. The Labute approximate surface area is 90.0 Å². The van der Waals surface area contributed by atoms with E-state index in [4.69, 9.17) is 5.73 Å². The number of nitrogens with two attached hydrogens (primary N) is 4. The first-order valence-electron chi connectivity index (χ1n) is 2.95. The van der Waals surface area contributed by atoms with Crippen molar-refractivity contribution in [3.05, 3.63) is 48.0 Å². The van der Waals surface area contributed by atoms with Crippen molar-refractivity contribution >= 4 is 17.4 Å². The molecule has 0 atom stereocenters. The Hall–Kier alpha value is -0.478. The van der Waals surface area contributed by atoms with Gasteiger partial charge in [-0.25, -0.2) is 0 Å². The van der Waals surface area contributed by atoms with Crippen LogP contribution in [0.4, 0.5) is 0 Å². The Bertz CT molecular complexity index is 206. The molecule has 0 saturated carbocycles. The monoisotopic (exact) mass is 197 g/mol. The van der Waals surface area contributed by atoms with E-state index >= 15 is 0 Å². The van der Waals surface area contributed by atoms with Gasteiger partial charge in [0, 0.05) is 18.4 Å². The number of aromatic nitrogens is 1. The summed E-state index contributed by atoms with van der Waals surface area (Å²) in [6, 6.07) is 3.89. The zero-order valence-electron chi connectivity index (χ0n) is 7.77. The SMILES string of the molecule is Cc1ncccc1CN.[Al+3].[NH2-].[NH2-].[NH2-]. The fourth-order valence-electron chi connectivity index (χ4n) is 0.733. The molecule has 8 N–H and O–H groups in total. The summed E-state index contributed by atoms with van der Waals surface area (Å²) in [5.74, 6) is 0. The summed E-state index contributed by atoms with van der Waals surface area (Å²) in [5.41, 5.74) is 7.56. The molecule has 1 aromatic heterocycles. The molecule has 0 aliphatic carbocycles. The van der Waals surface area contributed by atoms with E-state index in [0.717, 1.165) is 11.3 Å². The molecule has 0 fully saturated rings. The van der Waals surface area contributed by atoms with Gasteiger partial charge in [0.25, 0.3) is 0 Å². The Morgan fingerprint density at radius 2 is 1.85 bits per heavy atom. The third kappa shape index (κ3) is 6.66. The normalized spacial score (nSPS) is 6.62. The summed E-state index contributed by atoms with van der Waals surface area (Å²) in [4.78, 5) is 4.07. The number of pyridine rings is 1. The van der Waals surface area contributed by atoms with Crippen LogP contribution >= 0.6 is 0 Å². The zero-order chi connectivity index (χ0) is 6.69. The fraction of sp³-hybridized carbons (Fsp3) is 0.286. The Morgan fingerprint density at radius 3 is 2.15 bits per heavy atom. The predicted molar refractivity (Wildman–Crippen MR) is 58.5 cm³/mol. The number of nitrogens with zero attached hydrogens (tertiary/aromatic N) is 1. The largest absolute Gasteiger partial charge is 3.00 e. The molecule has 1 heterocycles. The van der Waals surface area contributed by atoms with Crippen LogP contribution in [0.2, 0.25) is 0 Å². The first kappa shape index (κ1) is 22.9. The molecule has 0 radical (unpaired) electrons. The quantitative estimate of drug-likeness (QED) is 0.691. The van der Waals surface area contributed by atoms with Crippen LogP contribution in [0, 0.1) is 6.92 Å². The molecule has 0 bridgehead atoms. The minimum Gasteiger partial charge on any atom is -0.693 e. The van der Waals surface area contributed by atoms with Crippen molar-refractivity contribution in [3.63, 3.8) is 0 Å². The fourth-order valence-corrected chi connectivity index (χ4v) is 0.733. The van der Waals surface area contributed by atoms with Crippen molar-refractivity contribution in [2.45, 2.75) is 13.5 Å². The zero-order valence-corrected chi connectivity index (χ0v) is 8.93. The maximum atomic E-state index is 5.41. The summed E-state index contributed by atoms with van der Waals surface area (Å²) in [6.07, 6.45) is 1.77. The third-order valence-electron chi connectivity index (χ3n) is 1.34. The number of rotatable bonds is 1. The second kappa shape index (κ2) is 11.5. The Morgan fingerprint density at radius 1 is 1.31 bits per heavy atom. The predicted octanol–water partition coefficient (Wildman–Crippen LogP) is 2.62. The number of hydrogen-bond acceptors (Lipinski definition) is 2. The average Bonchev–Trinajstić information content (AvgIpc) is 1.89. The second-order valence-corrected chi connectivity index (χ2v) is 1.95. The Kier molecular flexibility index (Phi) is 20.3. The van der Waals surface area contributed by atoms with Crippen LogP contribution in [0.15, 0.2) is 18.3 Å². The first-order chi connectivity index (χ1) is 4.34. The average molecular weight is 197 g/mol. The van der Waals surface area contributed by atoms with Gasteiger partial charge in [-0.05, 0) is 18.6 Å². The first-order valence-corrected chi connectivity index (χ1v) is 2.95. The van der Waals surface area contributed by atoms with Crippen molar-refractivity contribution in [2.75, 3.05) is 0 Å². The maximum absolute atomic E-state index is 5.41.